The maximum atomic E-state index is 13.2. The summed E-state index contributed by atoms with van der Waals surface area (Å²) in [5, 5.41) is 12.8. The quantitative estimate of drug-likeness (QED) is 0.536. The standard InChI is InChI=1S/C22H30N2O5S2/c1-3-29-21(28)17(10-9-16-7-5-4-6-8-16)23-15(2)19(25)24-14-22(30-11-12-31-22)13-18(24)20(26)27/h4-8,15,17-18,23H,3,9-14H2,1-2H3,(H,26,27)/t15-,17+,18-/m0/s1. The molecule has 1 spiro atoms. The third-order valence-corrected chi connectivity index (χ3v) is 9.06. The van der Waals surface area contributed by atoms with Crippen LogP contribution in [0.15, 0.2) is 30.3 Å². The van der Waals surface area contributed by atoms with Gasteiger partial charge in [0.15, 0.2) is 0 Å². The maximum absolute atomic E-state index is 13.2. The van der Waals surface area contributed by atoms with Crippen LogP contribution in [-0.4, -0.2) is 74.7 Å². The van der Waals surface area contributed by atoms with Gasteiger partial charge in [-0.25, -0.2) is 4.79 Å². The van der Waals surface area contributed by atoms with E-state index in [-0.39, 0.29) is 16.6 Å². The lowest BCUT2D eigenvalue weighted by Crippen LogP contribution is -2.53. The average Bonchev–Trinajstić information content (AvgIpc) is 3.38. The summed E-state index contributed by atoms with van der Waals surface area (Å²) in [6.07, 6.45) is 1.60. The molecule has 2 heterocycles. The van der Waals surface area contributed by atoms with E-state index in [0.29, 0.717) is 25.8 Å². The number of thioether (sulfide) groups is 2. The number of rotatable bonds is 9. The summed E-state index contributed by atoms with van der Waals surface area (Å²) in [7, 11) is 0. The van der Waals surface area contributed by atoms with Crippen molar-refractivity contribution in [3.05, 3.63) is 35.9 Å². The predicted octanol–water partition coefficient (Wildman–Crippen LogP) is 2.39. The zero-order valence-corrected chi connectivity index (χ0v) is 19.5. The zero-order chi connectivity index (χ0) is 22.4. The number of carboxylic acids is 1. The molecule has 3 atom stereocenters. The minimum Gasteiger partial charge on any atom is -0.480 e. The molecule has 2 N–H and O–H groups in total. The Morgan fingerprint density at radius 2 is 1.94 bits per heavy atom. The van der Waals surface area contributed by atoms with Crippen LogP contribution in [0.2, 0.25) is 0 Å². The van der Waals surface area contributed by atoms with Crippen LogP contribution in [0.25, 0.3) is 0 Å². The Kier molecular flexibility index (Phi) is 8.30. The first-order valence-electron chi connectivity index (χ1n) is 10.6. The molecule has 0 aliphatic carbocycles. The highest BCUT2D eigenvalue weighted by molar-refractivity contribution is 8.21. The molecule has 1 amide bonds. The SMILES string of the molecule is CCOC(=O)[C@@H](CCc1ccccc1)N[C@@H](C)C(=O)N1CC2(C[C@H]1C(=O)O)SCCS2. The second-order valence-corrected chi connectivity index (χ2v) is 11.1. The van der Waals surface area contributed by atoms with E-state index in [4.69, 9.17) is 4.74 Å². The van der Waals surface area contributed by atoms with E-state index in [1.54, 1.807) is 37.4 Å². The molecule has 2 fully saturated rings. The van der Waals surface area contributed by atoms with E-state index in [0.717, 1.165) is 17.1 Å². The van der Waals surface area contributed by atoms with E-state index in [1.807, 2.05) is 30.3 Å². The van der Waals surface area contributed by atoms with Gasteiger partial charge < -0.3 is 14.7 Å². The highest BCUT2D eigenvalue weighted by Crippen LogP contribution is 2.51. The molecular weight excluding hydrogens is 436 g/mol. The Labute approximate surface area is 191 Å². The summed E-state index contributed by atoms with van der Waals surface area (Å²) >= 11 is 3.50. The molecule has 1 aromatic rings. The largest absolute Gasteiger partial charge is 0.480 e. The summed E-state index contributed by atoms with van der Waals surface area (Å²) in [5.41, 5.74) is 1.10. The Balaban J connectivity index is 1.67. The minimum atomic E-state index is -0.975. The lowest BCUT2D eigenvalue weighted by Gasteiger charge is -2.28. The first-order chi connectivity index (χ1) is 14.8. The number of hydrogen-bond acceptors (Lipinski definition) is 7. The Bertz CT molecular complexity index is 785. The van der Waals surface area contributed by atoms with Gasteiger partial charge in [0, 0.05) is 24.5 Å². The lowest BCUT2D eigenvalue weighted by atomic mass is 10.0. The third-order valence-electron chi connectivity index (χ3n) is 5.63. The highest BCUT2D eigenvalue weighted by atomic mass is 32.2. The van der Waals surface area contributed by atoms with Crippen LogP contribution in [0.4, 0.5) is 0 Å². The Morgan fingerprint density at radius 1 is 1.26 bits per heavy atom. The Hall–Kier alpha value is -1.71. The smallest absolute Gasteiger partial charge is 0.326 e. The predicted molar refractivity (Wildman–Crippen MR) is 123 cm³/mol. The number of amides is 1. The topological polar surface area (TPSA) is 95.9 Å². The molecule has 170 valence electrons. The van der Waals surface area contributed by atoms with Crippen molar-refractivity contribution >= 4 is 41.4 Å². The number of nitrogens with one attached hydrogen (secondary N) is 1. The molecule has 0 saturated carbocycles. The van der Waals surface area contributed by atoms with Crippen molar-refractivity contribution in [1.29, 1.82) is 0 Å². The number of nitrogens with zero attached hydrogens (tertiary/aromatic N) is 1. The zero-order valence-electron chi connectivity index (χ0n) is 17.9. The van der Waals surface area contributed by atoms with Gasteiger partial charge in [0.05, 0.1) is 16.7 Å². The molecule has 31 heavy (non-hydrogen) atoms. The third kappa shape index (κ3) is 5.96. The van der Waals surface area contributed by atoms with Crippen LogP contribution in [0, 0.1) is 0 Å². The summed E-state index contributed by atoms with van der Waals surface area (Å²) < 4.78 is 4.98. The average molecular weight is 467 g/mol. The van der Waals surface area contributed by atoms with Crippen molar-refractivity contribution in [3.63, 3.8) is 0 Å². The molecule has 0 unspecified atom stereocenters. The molecule has 2 saturated heterocycles. The van der Waals surface area contributed by atoms with Crippen molar-refractivity contribution in [2.75, 3.05) is 24.7 Å². The van der Waals surface area contributed by atoms with E-state index >= 15 is 0 Å². The number of aryl methyl sites for hydroxylation is 1. The van der Waals surface area contributed by atoms with Crippen LogP contribution >= 0.6 is 23.5 Å². The number of esters is 1. The van der Waals surface area contributed by atoms with E-state index in [2.05, 4.69) is 5.32 Å². The first-order valence-corrected chi connectivity index (χ1v) is 12.6. The number of hydrogen-bond donors (Lipinski definition) is 2. The molecule has 2 aliphatic rings. The molecule has 9 heteroatoms. The number of carbonyl (C=O) groups is 3. The van der Waals surface area contributed by atoms with Crippen LogP contribution in [0.5, 0.6) is 0 Å². The molecule has 1 aromatic carbocycles. The Morgan fingerprint density at radius 3 is 2.55 bits per heavy atom. The van der Waals surface area contributed by atoms with Gasteiger partial charge in [-0.3, -0.25) is 14.9 Å². The van der Waals surface area contributed by atoms with Gasteiger partial charge in [-0.2, -0.15) is 0 Å². The van der Waals surface area contributed by atoms with Crippen molar-refractivity contribution in [2.45, 2.75) is 55.3 Å². The fourth-order valence-electron chi connectivity index (χ4n) is 4.09. The molecule has 0 radical (unpaired) electrons. The van der Waals surface area contributed by atoms with Crippen LogP contribution in [-0.2, 0) is 25.5 Å². The minimum absolute atomic E-state index is 0.230. The van der Waals surface area contributed by atoms with Crippen LogP contribution in [0.3, 0.4) is 0 Å². The summed E-state index contributed by atoms with van der Waals surface area (Å²) in [6, 6.07) is 7.65. The van der Waals surface area contributed by atoms with E-state index in [9.17, 15) is 19.5 Å². The van der Waals surface area contributed by atoms with Gasteiger partial charge in [0.1, 0.15) is 12.1 Å². The summed E-state index contributed by atoms with van der Waals surface area (Å²) in [5.74, 6) is 0.282. The van der Waals surface area contributed by atoms with Crippen molar-refractivity contribution < 1.29 is 24.2 Å². The number of aliphatic carboxylic acids is 1. The second kappa shape index (κ2) is 10.7. The molecule has 0 aromatic heterocycles. The molecule has 7 nitrogen and oxygen atoms in total. The van der Waals surface area contributed by atoms with E-state index < -0.39 is 30.1 Å². The molecule has 3 rings (SSSR count). The van der Waals surface area contributed by atoms with Gasteiger partial charge in [0.25, 0.3) is 0 Å². The number of benzene rings is 1. The number of ether oxygens (including phenoxy) is 1. The van der Waals surface area contributed by atoms with Crippen molar-refractivity contribution in [1.82, 2.24) is 10.2 Å². The number of likely N-dealkylation sites (tertiary alicyclic amines) is 1. The normalized spacial score (nSPS) is 21.7. The van der Waals surface area contributed by atoms with Gasteiger partial charge in [0.2, 0.25) is 5.91 Å². The fraction of sp³-hybridized carbons (Fsp3) is 0.591. The molecule has 0 bridgehead atoms. The summed E-state index contributed by atoms with van der Waals surface area (Å²) in [4.78, 5) is 39.1. The number of carbonyl (C=O) groups excluding carboxylic acids is 2. The summed E-state index contributed by atoms with van der Waals surface area (Å²) in [6.45, 7) is 4.11. The molecular formula is C22H30N2O5S2. The first kappa shape index (κ1) is 23.9. The van der Waals surface area contributed by atoms with Crippen molar-refractivity contribution in [2.24, 2.45) is 0 Å². The fourth-order valence-corrected chi connectivity index (χ4v) is 7.34. The van der Waals surface area contributed by atoms with Gasteiger partial charge in [-0.15, -0.1) is 23.5 Å². The van der Waals surface area contributed by atoms with Crippen LogP contribution < -0.4 is 5.32 Å². The monoisotopic (exact) mass is 466 g/mol. The maximum Gasteiger partial charge on any atom is 0.326 e. The van der Waals surface area contributed by atoms with Gasteiger partial charge in [-0.05, 0) is 32.3 Å². The van der Waals surface area contributed by atoms with Gasteiger partial charge in [-0.1, -0.05) is 30.3 Å². The number of carboxylic acid groups (broad SMARTS) is 1. The van der Waals surface area contributed by atoms with E-state index in [1.165, 1.54) is 4.90 Å². The highest BCUT2D eigenvalue weighted by Gasteiger charge is 2.52. The van der Waals surface area contributed by atoms with Gasteiger partial charge >= 0.3 is 11.9 Å². The lowest BCUT2D eigenvalue weighted by molar-refractivity contribution is -0.150. The second-order valence-electron chi connectivity index (χ2n) is 7.85. The molecule has 2 aliphatic heterocycles. The van der Waals surface area contributed by atoms with Crippen LogP contribution in [0.1, 0.15) is 32.3 Å². The van der Waals surface area contributed by atoms with Crippen molar-refractivity contribution in [3.8, 4) is 0 Å².